The van der Waals surface area contributed by atoms with Gasteiger partial charge in [0.1, 0.15) is 5.82 Å². The van der Waals surface area contributed by atoms with Crippen molar-refractivity contribution < 1.29 is 14.4 Å². The fraction of sp³-hybridized carbons (Fsp3) is 0.412. The molecule has 4 aliphatic heterocycles. The first kappa shape index (κ1) is 28.5. The van der Waals surface area contributed by atoms with Gasteiger partial charge in [0.2, 0.25) is 0 Å². The van der Waals surface area contributed by atoms with Gasteiger partial charge in [-0.2, -0.15) is 4.98 Å². The Morgan fingerprint density at radius 3 is 2.52 bits per heavy atom. The van der Waals surface area contributed by atoms with Gasteiger partial charge >= 0.3 is 0 Å². The van der Waals surface area contributed by atoms with Gasteiger partial charge in [0.25, 0.3) is 11.8 Å². The minimum absolute atomic E-state index is 0.0338. The van der Waals surface area contributed by atoms with Crippen molar-refractivity contribution in [2.24, 2.45) is 0 Å². The van der Waals surface area contributed by atoms with Crippen LogP contribution < -0.4 is 10.6 Å². The van der Waals surface area contributed by atoms with Gasteiger partial charge < -0.3 is 30.1 Å². The zero-order valence-corrected chi connectivity index (χ0v) is 25.5. The lowest BCUT2D eigenvalue weighted by Gasteiger charge is -2.46. The molecule has 0 saturated carbocycles. The zero-order chi connectivity index (χ0) is 30.4. The number of carbonyl (C=O) groups excluding carboxylic acids is 1. The number of piperidine rings is 3. The molecule has 3 N–H and O–H groups in total. The van der Waals surface area contributed by atoms with E-state index in [0.29, 0.717) is 23.0 Å². The lowest BCUT2D eigenvalue weighted by atomic mass is 9.71. The summed E-state index contributed by atoms with van der Waals surface area (Å²) in [4.78, 5) is 26.9. The average Bonchev–Trinajstić information content (AvgIpc) is 3.58. The minimum atomic E-state index is -0.358. The summed E-state index contributed by atoms with van der Waals surface area (Å²) < 4.78 is 5.90. The Morgan fingerprint density at radius 2 is 1.80 bits per heavy atom. The van der Waals surface area contributed by atoms with Crippen LogP contribution in [0.2, 0.25) is 0 Å². The third kappa shape index (κ3) is 5.01. The summed E-state index contributed by atoms with van der Waals surface area (Å²) in [7, 11) is 1.86. The van der Waals surface area contributed by atoms with E-state index < -0.39 is 0 Å². The minimum Gasteiger partial charge on any atom is -0.394 e. The average molecular weight is 594 g/mol. The maximum atomic E-state index is 12.9. The molecule has 44 heavy (non-hydrogen) atoms. The molecule has 10 nitrogen and oxygen atoms in total. The first-order valence-electron chi connectivity index (χ1n) is 15.5. The second-order valence-corrected chi connectivity index (χ2v) is 12.6. The van der Waals surface area contributed by atoms with Crippen LogP contribution in [-0.2, 0) is 5.41 Å². The number of nitrogens with zero attached hydrogens (tertiary/aromatic N) is 5. The summed E-state index contributed by atoms with van der Waals surface area (Å²) in [5, 5.41) is 21.8. The van der Waals surface area contributed by atoms with Crippen LogP contribution >= 0.6 is 0 Å². The number of aromatic nitrogens is 3. The maximum Gasteiger partial charge on any atom is 0.261 e. The molecule has 8 rings (SSSR count). The van der Waals surface area contributed by atoms with Crippen molar-refractivity contribution in [2.45, 2.75) is 56.5 Å². The lowest BCUT2D eigenvalue weighted by Crippen LogP contribution is -2.51. The Balaban J connectivity index is 1.23. The van der Waals surface area contributed by atoms with E-state index in [2.05, 4.69) is 34.5 Å². The molecule has 0 radical (unpaired) electrons. The van der Waals surface area contributed by atoms with Gasteiger partial charge in [-0.15, -0.1) is 0 Å². The molecule has 2 unspecified atom stereocenters. The van der Waals surface area contributed by atoms with Crippen molar-refractivity contribution in [1.82, 2.24) is 24.9 Å². The van der Waals surface area contributed by atoms with Crippen LogP contribution in [0.4, 0.5) is 17.2 Å². The van der Waals surface area contributed by atoms with E-state index in [-0.39, 0.29) is 35.9 Å². The monoisotopic (exact) mass is 593 g/mol. The third-order valence-electron chi connectivity index (χ3n) is 10.2. The highest BCUT2D eigenvalue weighted by atomic mass is 16.5. The lowest BCUT2D eigenvalue weighted by molar-refractivity contribution is 0.0697. The van der Waals surface area contributed by atoms with Crippen LogP contribution in [0.15, 0.2) is 65.3 Å². The summed E-state index contributed by atoms with van der Waals surface area (Å²) in [6.45, 7) is 7.33. The molecule has 0 aliphatic carbocycles. The number of aliphatic hydroxyl groups is 1. The molecule has 2 aromatic carbocycles. The van der Waals surface area contributed by atoms with Crippen LogP contribution in [-0.4, -0.2) is 75.3 Å². The number of benzene rings is 2. The van der Waals surface area contributed by atoms with Crippen LogP contribution in [0, 0.1) is 0 Å². The van der Waals surface area contributed by atoms with Crippen LogP contribution in [0.3, 0.4) is 0 Å². The Bertz CT molecular complexity index is 1650. The number of aliphatic hydroxyl groups excluding tert-OH is 1. The fourth-order valence-electron chi connectivity index (χ4n) is 6.96. The molecule has 228 valence electrons. The summed E-state index contributed by atoms with van der Waals surface area (Å²) in [6.07, 6.45) is 4.86. The topological polar surface area (TPSA) is 120 Å². The van der Waals surface area contributed by atoms with Crippen LogP contribution in [0.25, 0.3) is 11.5 Å². The number of hydrogen-bond donors (Lipinski definition) is 3. The van der Waals surface area contributed by atoms with Gasteiger partial charge in [-0.05, 0) is 75.1 Å². The van der Waals surface area contributed by atoms with Crippen molar-refractivity contribution in [1.29, 1.82) is 0 Å². The van der Waals surface area contributed by atoms with E-state index in [4.69, 9.17) is 14.5 Å². The first-order valence-corrected chi connectivity index (χ1v) is 15.5. The largest absolute Gasteiger partial charge is 0.394 e. The molecular formula is C34H39N7O3. The van der Waals surface area contributed by atoms with Gasteiger partial charge in [-0.3, -0.25) is 4.79 Å². The maximum absolute atomic E-state index is 12.9. The second kappa shape index (κ2) is 11.3. The van der Waals surface area contributed by atoms with E-state index >= 15 is 0 Å². The molecule has 2 aromatic heterocycles. The summed E-state index contributed by atoms with van der Waals surface area (Å²) >= 11 is 0. The number of likely N-dealkylation sites (N-methyl/N-ethyl adjacent to an activating group) is 1. The number of rotatable bonds is 8. The van der Waals surface area contributed by atoms with E-state index in [1.807, 2.05) is 66.5 Å². The predicted molar refractivity (Wildman–Crippen MR) is 169 cm³/mol. The molecule has 3 fully saturated rings. The Morgan fingerprint density at radius 1 is 1.05 bits per heavy atom. The predicted octanol–water partition coefficient (Wildman–Crippen LogP) is 5.34. The van der Waals surface area contributed by atoms with E-state index in [1.54, 1.807) is 6.20 Å². The molecule has 4 aromatic rings. The molecule has 2 bridgehead atoms. The summed E-state index contributed by atoms with van der Waals surface area (Å²) in [6, 6.07) is 17.3. The standard InChI is InChI=1S/C34H39N7O3/c1-21-22(2)40(3)32(43)25-10-9-24(17-26(21)25)36-30-18-28(37-29(20-42)23-7-5-4-6-8-23)27(19-35-30)31-38-33(39-44-31)34-11-14-41(15-12-34)16-13-34/h4-10,17-19,21-22,29,42H,11-16,20H2,1-3H3,(H2,35,36,37)/t21?,22?,29-/m1/s1. The highest BCUT2D eigenvalue weighted by Gasteiger charge is 2.44. The molecule has 10 heteroatoms. The second-order valence-electron chi connectivity index (χ2n) is 12.6. The zero-order valence-electron chi connectivity index (χ0n) is 25.5. The SMILES string of the molecule is CC1c2cc(Nc3cc(N[C@H](CO)c4ccccc4)c(-c4nc(C56CCN(CC5)CC6)no4)cn3)ccc2C(=O)N(C)C1C. The van der Waals surface area contributed by atoms with Gasteiger partial charge in [-0.1, -0.05) is 42.4 Å². The molecule has 4 aliphatic rings. The van der Waals surface area contributed by atoms with Crippen LogP contribution in [0.5, 0.6) is 0 Å². The summed E-state index contributed by atoms with van der Waals surface area (Å²) in [5.41, 5.74) is 4.92. The van der Waals surface area contributed by atoms with Gasteiger partial charge in [0.05, 0.1) is 23.9 Å². The van der Waals surface area contributed by atoms with Crippen LogP contribution in [0.1, 0.15) is 72.4 Å². The highest BCUT2D eigenvalue weighted by molar-refractivity contribution is 5.97. The van der Waals surface area contributed by atoms with Gasteiger partial charge in [-0.25, -0.2) is 4.98 Å². The molecule has 0 spiro atoms. The summed E-state index contributed by atoms with van der Waals surface area (Å²) in [5.74, 6) is 2.03. The Kier molecular flexibility index (Phi) is 7.34. The van der Waals surface area contributed by atoms with Crippen molar-refractivity contribution in [3.8, 4) is 11.5 Å². The smallest absolute Gasteiger partial charge is 0.261 e. The number of hydrogen-bond acceptors (Lipinski definition) is 9. The Hall–Kier alpha value is -4.28. The third-order valence-corrected chi connectivity index (χ3v) is 10.2. The van der Waals surface area contributed by atoms with E-state index in [1.165, 1.54) is 0 Å². The fourth-order valence-corrected chi connectivity index (χ4v) is 6.96. The quantitative estimate of drug-likeness (QED) is 0.249. The molecule has 6 heterocycles. The number of nitrogens with one attached hydrogen (secondary N) is 2. The molecule has 3 saturated heterocycles. The van der Waals surface area contributed by atoms with Crippen molar-refractivity contribution in [3.05, 3.63) is 83.3 Å². The highest BCUT2D eigenvalue weighted by Crippen LogP contribution is 2.43. The number of amides is 1. The van der Waals surface area contributed by atoms with Gasteiger partial charge in [0, 0.05) is 47.9 Å². The van der Waals surface area contributed by atoms with Crippen molar-refractivity contribution in [2.75, 3.05) is 43.9 Å². The molecular weight excluding hydrogens is 554 g/mol. The molecule has 1 amide bonds. The normalized spacial score (nSPS) is 25.0. The number of anilines is 3. The van der Waals surface area contributed by atoms with Crippen molar-refractivity contribution >= 4 is 23.1 Å². The Labute approximate surface area is 257 Å². The number of pyridine rings is 1. The van der Waals surface area contributed by atoms with Gasteiger partial charge in [0.15, 0.2) is 5.82 Å². The number of fused-ring (bicyclic) bond motifs is 4. The molecule has 3 atom stereocenters. The number of carbonyl (C=O) groups is 1. The first-order chi connectivity index (χ1) is 21.3. The van der Waals surface area contributed by atoms with E-state index in [9.17, 15) is 9.90 Å². The van der Waals surface area contributed by atoms with E-state index in [0.717, 1.165) is 67.1 Å². The van der Waals surface area contributed by atoms with Crippen molar-refractivity contribution in [3.63, 3.8) is 0 Å².